The Kier molecular flexibility index (Phi) is 8.04. The monoisotopic (exact) mass is 289 g/mol. The molecule has 0 aliphatic rings. The molecule has 1 nitrogen and oxygen atoms in total. The van der Waals surface area contributed by atoms with E-state index in [1.54, 1.807) is 12.4 Å². The van der Waals surface area contributed by atoms with Gasteiger partial charge in [0.2, 0.25) is 0 Å². The molecule has 0 unspecified atom stereocenters. The summed E-state index contributed by atoms with van der Waals surface area (Å²) in [6.07, 6.45) is 3.50. The first kappa shape index (κ1) is 9.02. The Morgan fingerprint density at radius 2 is 1.44 bits per heavy atom. The molecular weight excluding hydrogens is 277 g/mol. The van der Waals surface area contributed by atoms with Crippen molar-refractivity contribution >= 4 is 0 Å². The van der Waals surface area contributed by atoms with Gasteiger partial charge in [-0.15, -0.1) is 0 Å². The van der Waals surface area contributed by atoms with E-state index in [1.807, 2.05) is 18.2 Å². The van der Waals surface area contributed by atoms with E-state index in [0.29, 0.717) is 0 Å². The Labute approximate surface area is 67.9 Å². The molecule has 0 radical (unpaired) electrons. The summed E-state index contributed by atoms with van der Waals surface area (Å²) >= 11 is 0.0833. The fourth-order valence-corrected chi connectivity index (χ4v) is 0.313. The number of hydrogen-bond donors (Lipinski definition) is 0. The maximum absolute atomic E-state index is 3.78. The van der Waals surface area contributed by atoms with Gasteiger partial charge in [0.1, 0.15) is 0 Å². The number of pyridine rings is 1. The zero-order valence-electron chi connectivity index (χ0n) is 5.83. The molecule has 0 N–H and O–H groups in total. The third-order valence-electron chi connectivity index (χ3n) is 0.566. The van der Waals surface area contributed by atoms with Crippen molar-refractivity contribution in [3.63, 3.8) is 0 Å². The molecule has 1 heterocycles. The van der Waals surface area contributed by atoms with Gasteiger partial charge in [-0.05, 0) is 12.1 Å². The Balaban J connectivity index is 0.000000187. The number of rotatable bonds is 0. The molecule has 1 aromatic rings. The van der Waals surface area contributed by atoms with Crippen LogP contribution in [0.15, 0.2) is 30.6 Å². The van der Waals surface area contributed by atoms with Gasteiger partial charge in [-0.3, -0.25) is 4.98 Å². The number of nitrogens with zero attached hydrogens (tertiary/aromatic N) is 1. The van der Waals surface area contributed by atoms with Gasteiger partial charge in [-0.25, -0.2) is 0 Å². The normalized spacial score (nSPS) is 6.89. The Morgan fingerprint density at radius 1 is 1.00 bits per heavy atom. The fourth-order valence-electron chi connectivity index (χ4n) is 0.313. The minimum Gasteiger partial charge on any atom is -0.265 e. The third kappa shape index (κ3) is 8.02. The second-order valence-electron chi connectivity index (χ2n) is 1.52. The van der Waals surface area contributed by atoms with Crippen molar-refractivity contribution in [1.29, 1.82) is 0 Å². The zero-order valence-corrected chi connectivity index (χ0v) is 9.43. The zero-order chi connectivity index (χ0) is 6.95. The minimum absolute atomic E-state index is 0.0833. The molecule has 0 atom stereocenters. The molecule has 1 aromatic heterocycles. The van der Waals surface area contributed by atoms with Crippen molar-refractivity contribution in [3.05, 3.63) is 30.6 Å². The molecule has 1 rings (SSSR count). The molecule has 0 aliphatic carbocycles. The summed E-state index contributed by atoms with van der Waals surface area (Å²) in [5.74, 6) is 0. The summed E-state index contributed by atoms with van der Waals surface area (Å²) in [7, 11) is 0. The molecule has 0 fully saturated rings. The van der Waals surface area contributed by atoms with Gasteiger partial charge < -0.3 is 0 Å². The van der Waals surface area contributed by atoms with Crippen LogP contribution in [0.4, 0.5) is 0 Å². The summed E-state index contributed by atoms with van der Waals surface area (Å²) in [4.78, 5) is 3.78. The number of aromatic nitrogens is 1. The molecule has 0 saturated carbocycles. The van der Waals surface area contributed by atoms with Crippen LogP contribution in [0.25, 0.3) is 0 Å². The van der Waals surface area contributed by atoms with Gasteiger partial charge >= 0.3 is 32.3 Å². The smallest absolute Gasteiger partial charge is 0.0267 e. The van der Waals surface area contributed by atoms with E-state index >= 15 is 0 Å². The van der Waals surface area contributed by atoms with Crippen molar-refractivity contribution in [1.82, 2.24) is 4.98 Å². The van der Waals surface area contributed by atoms with Crippen molar-refractivity contribution in [2.24, 2.45) is 0 Å². The summed E-state index contributed by atoms with van der Waals surface area (Å²) in [5.41, 5.74) is 0. The first-order chi connectivity index (χ1) is 4.41. The maximum Gasteiger partial charge on any atom is 0.0267 e. The first-order valence-electron chi connectivity index (χ1n) is 2.85. The topological polar surface area (TPSA) is 12.9 Å². The second kappa shape index (κ2) is 8.02. The summed E-state index contributed by atoms with van der Waals surface area (Å²) in [6, 6.07) is 5.72. The van der Waals surface area contributed by atoms with Crippen molar-refractivity contribution < 1.29 is 22.9 Å². The first-order valence-corrected chi connectivity index (χ1v) is 10.0. The van der Waals surface area contributed by atoms with Crippen LogP contribution in [0, 0.1) is 0 Å². The predicted octanol–water partition coefficient (Wildman–Crippen LogP) is 2.25. The van der Waals surface area contributed by atoms with Crippen LogP contribution in [-0.2, 0) is 22.9 Å². The van der Waals surface area contributed by atoms with Crippen molar-refractivity contribution in [3.8, 4) is 0 Å². The Hall–Kier alpha value is 0.0201. The molecule has 0 aromatic carbocycles. The van der Waals surface area contributed by atoms with E-state index in [9.17, 15) is 0 Å². The molecule has 0 spiro atoms. The van der Waals surface area contributed by atoms with Crippen LogP contribution in [0.1, 0.15) is 0 Å². The van der Waals surface area contributed by atoms with E-state index in [2.05, 4.69) is 14.3 Å². The molecular formula is C7H11HfN. The van der Waals surface area contributed by atoms with Crippen LogP contribution >= 0.6 is 0 Å². The van der Waals surface area contributed by atoms with Crippen LogP contribution in [0.5, 0.6) is 0 Å². The fraction of sp³-hybridized carbons (Fsp3) is 0.286. The SMILES string of the molecule is [CH3][Hf][CH3].c1ccncc1. The third-order valence-corrected chi connectivity index (χ3v) is 0.566. The number of hydrogen-bond acceptors (Lipinski definition) is 1. The van der Waals surface area contributed by atoms with E-state index in [-0.39, 0.29) is 22.9 Å². The molecule has 0 bridgehead atoms. The van der Waals surface area contributed by atoms with Crippen LogP contribution in [0.2, 0.25) is 9.36 Å². The quantitative estimate of drug-likeness (QED) is 0.667. The summed E-state index contributed by atoms with van der Waals surface area (Å²) in [6.45, 7) is 0. The largest absolute Gasteiger partial charge is 0.265 e. The molecule has 2 heteroatoms. The van der Waals surface area contributed by atoms with Crippen molar-refractivity contribution in [2.75, 3.05) is 0 Å². The summed E-state index contributed by atoms with van der Waals surface area (Å²) < 4.78 is 4.64. The van der Waals surface area contributed by atoms with Gasteiger partial charge in [-0.1, -0.05) is 6.07 Å². The van der Waals surface area contributed by atoms with Crippen LogP contribution in [-0.4, -0.2) is 4.98 Å². The average Bonchev–Trinajstić information content (AvgIpc) is 1.93. The van der Waals surface area contributed by atoms with E-state index in [0.717, 1.165) is 0 Å². The van der Waals surface area contributed by atoms with Gasteiger partial charge in [0, 0.05) is 12.4 Å². The molecule has 48 valence electrons. The van der Waals surface area contributed by atoms with E-state index in [1.165, 1.54) is 0 Å². The maximum atomic E-state index is 3.78. The molecule has 9 heavy (non-hydrogen) atoms. The van der Waals surface area contributed by atoms with Crippen LogP contribution in [0.3, 0.4) is 0 Å². The molecule has 0 aliphatic heterocycles. The van der Waals surface area contributed by atoms with Crippen molar-refractivity contribution in [2.45, 2.75) is 9.36 Å². The average molecular weight is 288 g/mol. The van der Waals surface area contributed by atoms with Gasteiger partial charge in [0.05, 0.1) is 0 Å². The van der Waals surface area contributed by atoms with Crippen LogP contribution < -0.4 is 0 Å². The Bertz CT molecular complexity index is 91.8. The predicted molar refractivity (Wildman–Crippen MR) is 36.0 cm³/mol. The summed E-state index contributed by atoms with van der Waals surface area (Å²) in [5, 5.41) is 0. The second-order valence-corrected chi connectivity index (χ2v) is 5.12. The molecule has 0 amide bonds. The van der Waals surface area contributed by atoms with Gasteiger partial charge in [0.15, 0.2) is 0 Å². The van der Waals surface area contributed by atoms with Gasteiger partial charge in [0.25, 0.3) is 0 Å². The van der Waals surface area contributed by atoms with E-state index < -0.39 is 0 Å². The van der Waals surface area contributed by atoms with Gasteiger partial charge in [-0.2, -0.15) is 0 Å². The minimum atomic E-state index is 0.0833. The molecule has 0 saturated heterocycles. The standard InChI is InChI=1S/C5H5N.2CH3.Hf/c1-2-4-6-5-3-1;;;/h1-5H;2*1H3;. The van der Waals surface area contributed by atoms with E-state index in [4.69, 9.17) is 0 Å². The Morgan fingerprint density at radius 3 is 1.56 bits per heavy atom.